The molecule has 1 aliphatic heterocycles. The summed E-state index contributed by atoms with van der Waals surface area (Å²) >= 11 is 0. The molecule has 1 N–H and O–H groups in total. The highest BCUT2D eigenvalue weighted by atomic mass is 16.5. The lowest BCUT2D eigenvalue weighted by molar-refractivity contribution is -0.0279. The summed E-state index contributed by atoms with van der Waals surface area (Å²) in [6.07, 6.45) is 2.64. The van der Waals surface area contributed by atoms with Crippen LogP contribution in [0.2, 0.25) is 0 Å². The van der Waals surface area contributed by atoms with Crippen LogP contribution < -0.4 is 10.2 Å². The van der Waals surface area contributed by atoms with Gasteiger partial charge in [0, 0.05) is 36.9 Å². The number of anilines is 1. The van der Waals surface area contributed by atoms with Crippen molar-refractivity contribution in [2.75, 3.05) is 24.6 Å². The van der Waals surface area contributed by atoms with Gasteiger partial charge in [-0.3, -0.25) is 0 Å². The molecular formula is C17H27N3O. The molecule has 0 amide bonds. The van der Waals surface area contributed by atoms with E-state index in [0.717, 1.165) is 43.8 Å². The third-order valence-corrected chi connectivity index (χ3v) is 4.32. The Kier molecular flexibility index (Phi) is 3.93. The fourth-order valence-electron chi connectivity index (χ4n) is 3.05. The summed E-state index contributed by atoms with van der Waals surface area (Å²) in [5.74, 6) is 1.15. The Morgan fingerprint density at radius 1 is 1.38 bits per heavy atom. The zero-order valence-electron chi connectivity index (χ0n) is 13.7. The lowest BCUT2D eigenvalue weighted by Crippen LogP contribution is -2.49. The number of aromatic nitrogens is 1. The third kappa shape index (κ3) is 3.55. The highest BCUT2D eigenvalue weighted by Gasteiger charge is 2.30. The molecule has 4 heteroatoms. The second-order valence-corrected chi connectivity index (χ2v) is 7.07. The van der Waals surface area contributed by atoms with Crippen molar-refractivity contribution in [3.8, 4) is 0 Å². The maximum Gasteiger partial charge on any atom is 0.133 e. The number of aryl methyl sites for hydroxylation is 2. The normalized spacial score (nSPS) is 21.6. The minimum absolute atomic E-state index is 0.0984. The smallest absolute Gasteiger partial charge is 0.133 e. The van der Waals surface area contributed by atoms with Crippen LogP contribution in [0.5, 0.6) is 0 Å². The molecule has 2 aliphatic rings. The Hall–Kier alpha value is -1.13. The lowest BCUT2D eigenvalue weighted by Gasteiger charge is -2.39. The molecule has 2 fully saturated rings. The van der Waals surface area contributed by atoms with E-state index in [2.05, 4.69) is 44.0 Å². The Morgan fingerprint density at radius 2 is 2.14 bits per heavy atom. The van der Waals surface area contributed by atoms with Crippen molar-refractivity contribution < 1.29 is 4.74 Å². The molecule has 1 aromatic rings. The molecule has 1 aliphatic carbocycles. The second kappa shape index (κ2) is 5.58. The van der Waals surface area contributed by atoms with Gasteiger partial charge < -0.3 is 15.0 Å². The summed E-state index contributed by atoms with van der Waals surface area (Å²) in [4.78, 5) is 7.25. The van der Waals surface area contributed by atoms with Gasteiger partial charge in [-0.25, -0.2) is 4.98 Å². The first-order valence-electron chi connectivity index (χ1n) is 8.04. The number of rotatable bonds is 4. The molecule has 0 atom stereocenters. The highest BCUT2D eigenvalue weighted by Crippen LogP contribution is 2.28. The zero-order chi connectivity index (χ0) is 15.0. The van der Waals surface area contributed by atoms with Crippen LogP contribution in [0.1, 0.15) is 43.5 Å². The van der Waals surface area contributed by atoms with Gasteiger partial charge in [-0.2, -0.15) is 0 Å². The van der Waals surface area contributed by atoms with Gasteiger partial charge in [-0.15, -0.1) is 0 Å². The zero-order valence-corrected chi connectivity index (χ0v) is 13.7. The summed E-state index contributed by atoms with van der Waals surface area (Å²) in [5, 5.41) is 3.64. The molecule has 0 aromatic carbocycles. The fourth-order valence-corrected chi connectivity index (χ4v) is 3.05. The van der Waals surface area contributed by atoms with Crippen molar-refractivity contribution in [2.45, 2.75) is 58.7 Å². The van der Waals surface area contributed by atoms with E-state index in [0.29, 0.717) is 0 Å². The Labute approximate surface area is 127 Å². The van der Waals surface area contributed by atoms with Crippen LogP contribution in [0.25, 0.3) is 0 Å². The first-order chi connectivity index (χ1) is 9.94. The Balaban J connectivity index is 1.87. The molecule has 0 radical (unpaired) electrons. The maximum absolute atomic E-state index is 5.84. The van der Waals surface area contributed by atoms with E-state index in [-0.39, 0.29) is 5.60 Å². The number of morpholine rings is 1. The molecule has 2 heterocycles. The van der Waals surface area contributed by atoms with E-state index in [9.17, 15) is 0 Å². The van der Waals surface area contributed by atoms with Crippen molar-refractivity contribution in [2.24, 2.45) is 0 Å². The molecule has 0 bridgehead atoms. The molecule has 0 unspecified atom stereocenters. The number of pyridine rings is 1. The van der Waals surface area contributed by atoms with Crippen LogP contribution >= 0.6 is 0 Å². The Morgan fingerprint density at radius 3 is 2.81 bits per heavy atom. The van der Waals surface area contributed by atoms with Gasteiger partial charge in [0.2, 0.25) is 0 Å². The Bertz CT molecular complexity index is 523. The summed E-state index contributed by atoms with van der Waals surface area (Å²) in [6, 6.07) is 2.92. The van der Waals surface area contributed by atoms with E-state index in [1.165, 1.54) is 24.0 Å². The molecule has 3 rings (SSSR count). The van der Waals surface area contributed by atoms with E-state index < -0.39 is 0 Å². The topological polar surface area (TPSA) is 37.4 Å². The van der Waals surface area contributed by atoms with Gasteiger partial charge in [0.25, 0.3) is 0 Å². The van der Waals surface area contributed by atoms with E-state index in [1.807, 2.05) is 0 Å². The van der Waals surface area contributed by atoms with Crippen molar-refractivity contribution in [1.82, 2.24) is 10.3 Å². The summed E-state index contributed by atoms with van der Waals surface area (Å²) < 4.78 is 5.84. The average molecular weight is 289 g/mol. The van der Waals surface area contributed by atoms with E-state index in [1.54, 1.807) is 0 Å². The predicted octanol–water partition coefficient (Wildman–Crippen LogP) is 2.57. The maximum atomic E-state index is 5.84. The lowest BCUT2D eigenvalue weighted by atomic mass is 10.0. The van der Waals surface area contributed by atoms with Crippen molar-refractivity contribution in [3.05, 3.63) is 22.9 Å². The molecule has 4 nitrogen and oxygen atoms in total. The fraction of sp³-hybridized carbons (Fsp3) is 0.706. The minimum atomic E-state index is -0.0984. The molecular weight excluding hydrogens is 262 g/mol. The van der Waals surface area contributed by atoms with Gasteiger partial charge in [0.05, 0.1) is 12.2 Å². The minimum Gasteiger partial charge on any atom is -0.372 e. The number of hydrogen-bond acceptors (Lipinski definition) is 4. The largest absolute Gasteiger partial charge is 0.372 e. The van der Waals surface area contributed by atoms with Gasteiger partial charge in [-0.1, -0.05) is 0 Å². The van der Waals surface area contributed by atoms with E-state index >= 15 is 0 Å². The molecule has 1 saturated carbocycles. The van der Waals surface area contributed by atoms with Crippen molar-refractivity contribution in [3.63, 3.8) is 0 Å². The average Bonchev–Trinajstić information content (AvgIpc) is 3.19. The van der Waals surface area contributed by atoms with Gasteiger partial charge in [0.1, 0.15) is 5.82 Å². The van der Waals surface area contributed by atoms with Crippen molar-refractivity contribution >= 4 is 5.82 Å². The van der Waals surface area contributed by atoms with Crippen LogP contribution in [0, 0.1) is 13.8 Å². The first-order valence-corrected chi connectivity index (χ1v) is 8.04. The SMILES string of the molecule is Cc1cc(C)c(CNC2CC2)c(N2CCOC(C)(C)C2)n1. The third-order valence-electron chi connectivity index (χ3n) is 4.32. The van der Waals surface area contributed by atoms with Crippen LogP contribution in [0.3, 0.4) is 0 Å². The van der Waals surface area contributed by atoms with Crippen LogP contribution in [0.15, 0.2) is 6.07 Å². The van der Waals surface area contributed by atoms with Crippen LogP contribution in [-0.4, -0.2) is 36.3 Å². The quantitative estimate of drug-likeness (QED) is 0.924. The summed E-state index contributed by atoms with van der Waals surface area (Å²) in [7, 11) is 0. The molecule has 1 aromatic heterocycles. The standard InChI is InChI=1S/C17H27N3O/c1-12-9-13(2)19-16(15(12)10-18-14-5-6-14)20-7-8-21-17(3,4)11-20/h9,14,18H,5-8,10-11H2,1-4H3. The number of nitrogens with zero attached hydrogens (tertiary/aromatic N) is 2. The van der Waals surface area contributed by atoms with Gasteiger partial charge in [-0.05, 0) is 52.2 Å². The molecule has 0 spiro atoms. The molecule has 21 heavy (non-hydrogen) atoms. The van der Waals surface area contributed by atoms with Gasteiger partial charge >= 0.3 is 0 Å². The predicted molar refractivity (Wildman–Crippen MR) is 85.8 cm³/mol. The van der Waals surface area contributed by atoms with Crippen molar-refractivity contribution in [1.29, 1.82) is 0 Å². The first kappa shape index (κ1) is 14.8. The molecule has 1 saturated heterocycles. The second-order valence-electron chi connectivity index (χ2n) is 7.07. The number of nitrogens with one attached hydrogen (secondary N) is 1. The highest BCUT2D eigenvalue weighted by molar-refractivity contribution is 5.52. The number of ether oxygens (including phenoxy) is 1. The molecule has 116 valence electrons. The van der Waals surface area contributed by atoms with Crippen LogP contribution in [-0.2, 0) is 11.3 Å². The monoisotopic (exact) mass is 289 g/mol. The summed E-state index contributed by atoms with van der Waals surface area (Å²) in [6.45, 7) is 12.1. The van der Waals surface area contributed by atoms with Crippen LogP contribution in [0.4, 0.5) is 5.82 Å². The van der Waals surface area contributed by atoms with E-state index in [4.69, 9.17) is 9.72 Å². The number of hydrogen-bond donors (Lipinski definition) is 1. The van der Waals surface area contributed by atoms with Gasteiger partial charge in [0.15, 0.2) is 0 Å². The summed E-state index contributed by atoms with van der Waals surface area (Å²) in [5.41, 5.74) is 3.70.